The van der Waals surface area contributed by atoms with E-state index in [1.54, 1.807) is 18.2 Å². The van der Waals surface area contributed by atoms with Crippen molar-refractivity contribution in [1.29, 1.82) is 5.26 Å². The van der Waals surface area contributed by atoms with E-state index in [4.69, 9.17) is 9.47 Å². The number of benzene rings is 2. The fourth-order valence-electron chi connectivity index (χ4n) is 2.17. The Hall–Kier alpha value is -2.98. The van der Waals surface area contributed by atoms with Crippen LogP contribution in [0.25, 0.3) is 0 Å². The van der Waals surface area contributed by atoms with Gasteiger partial charge in [0.1, 0.15) is 23.1 Å². The summed E-state index contributed by atoms with van der Waals surface area (Å²) in [5, 5.41) is 14.9. The highest BCUT2D eigenvalue weighted by molar-refractivity contribution is 9.10. The molecule has 7 heteroatoms. The second-order valence-electron chi connectivity index (χ2n) is 5.20. The molecule has 0 radical (unpaired) electrons. The maximum Gasteiger partial charge on any atom is 0.267 e. The minimum absolute atomic E-state index is 0.0510. The maximum atomic E-state index is 12.4. The topological polar surface area (TPSA) is 83.4 Å². The summed E-state index contributed by atoms with van der Waals surface area (Å²) in [5.74, 6) is 0.496. The molecule has 134 valence electrons. The fraction of sp³-hybridized carbons (Fsp3) is 0.158. The van der Waals surface area contributed by atoms with E-state index in [1.807, 2.05) is 30.3 Å². The first kappa shape index (κ1) is 19.3. The number of ether oxygens (including phenoxy) is 2. The fourth-order valence-corrected chi connectivity index (χ4v) is 2.61. The third kappa shape index (κ3) is 5.26. The van der Waals surface area contributed by atoms with Crippen LogP contribution in [0.3, 0.4) is 0 Å². The van der Waals surface area contributed by atoms with Crippen molar-refractivity contribution in [2.45, 2.75) is 6.54 Å². The summed E-state index contributed by atoms with van der Waals surface area (Å²) < 4.78 is 11.3. The number of methoxy groups -OCH3 is 2. The molecule has 0 aliphatic rings. The van der Waals surface area contributed by atoms with Gasteiger partial charge < -0.3 is 20.1 Å². The van der Waals surface area contributed by atoms with Crippen LogP contribution in [0.4, 0.5) is 5.69 Å². The minimum atomic E-state index is -0.541. The molecule has 0 unspecified atom stereocenters. The Labute approximate surface area is 160 Å². The van der Waals surface area contributed by atoms with Gasteiger partial charge in [0.15, 0.2) is 0 Å². The first-order chi connectivity index (χ1) is 12.6. The van der Waals surface area contributed by atoms with E-state index in [2.05, 4.69) is 26.6 Å². The van der Waals surface area contributed by atoms with Crippen LogP contribution in [-0.2, 0) is 11.3 Å². The molecule has 0 aliphatic carbocycles. The summed E-state index contributed by atoms with van der Waals surface area (Å²) in [7, 11) is 3.03. The zero-order chi connectivity index (χ0) is 18.9. The molecule has 0 spiro atoms. The Balaban J connectivity index is 2.07. The normalized spacial score (nSPS) is 10.6. The second kappa shape index (κ2) is 9.49. The van der Waals surface area contributed by atoms with Gasteiger partial charge in [-0.15, -0.1) is 0 Å². The number of rotatable bonds is 7. The van der Waals surface area contributed by atoms with Crippen LogP contribution >= 0.6 is 15.9 Å². The summed E-state index contributed by atoms with van der Waals surface area (Å²) in [5.41, 5.74) is 1.39. The smallest absolute Gasteiger partial charge is 0.267 e. The van der Waals surface area contributed by atoms with E-state index in [9.17, 15) is 10.1 Å². The lowest BCUT2D eigenvalue weighted by molar-refractivity contribution is -0.112. The molecule has 2 rings (SSSR count). The lowest BCUT2D eigenvalue weighted by Gasteiger charge is -2.11. The van der Waals surface area contributed by atoms with Crippen molar-refractivity contribution >= 4 is 27.5 Å². The van der Waals surface area contributed by atoms with Gasteiger partial charge in [-0.2, -0.15) is 5.26 Å². The Morgan fingerprint density at radius 1 is 1.23 bits per heavy atom. The number of halogens is 1. The number of hydrogen-bond acceptors (Lipinski definition) is 5. The number of nitrogens with zero attached hydrogens (tertiary/aromatic N) is 1. The second-order valence-corrected chi connectivity index (χ2v) is 6.12. The van der Waals surface area contributed by atoms with Crippen LogP contribution < -0.4 is 20.1 Å². The first-order valence-corrected chi connectivity index (χ1v) is 8.48. The third-order valence-corrected chi connectivity index (χ3v) is 3.95. The Kier molecular flexibility index (Phi) is 7.06. The quantitative estimate of drug-likeness (QED) is 0.533. The lowest BCUT2D eigenvalue weighted by Crippen LogP contribution is -2.17. The molecule has 1 amide bonds. The molecule has 0 atom stereocenters. The molecule has 26 heavy (non-hydrogen) atoms. The molecule has 0 aliphatic heterocycles. The molecule has 2 N–H and O–H groups in total. The van der Waals surface area contributed by atoms with Crippen LogP contribution in [0.1, 0.15) is 5.56 Å². The summed E-state index contributed by atoms with van der Waals surface area (Å²) in [4.78, 5) is 12.4. The van der Waals surface area contributed by atoms with Crippen molar-refractivity contribution in [2.24, 2.45) is 0 Å². The molecule has 0 fully saturated rings. The van der Waals surface area contributed by atoms with Gasteiger partial charge in [0.2, 0.25) is 0 Å². The highest BCUT2D eigenvalue weighted by Crippen LogP contribution is 2.29. The maximum absolute atomic E-state index is 12.4. The number of carbonyl (C=O) groups excluding carboxylic acids is 1. The van der Waals surface area contributed by atoms with E-state index in [0.717, 1.165) is 10.0 Å². The van der Waals surface area contributed by atoms with Crippen molar-refractivity contribution in [3.63, 3.8) is 0 Å². The monoisotopic (exact) mass is 415 g/mol. The average Bonchev–Trinajstić information content (AvgIpc) is 2.65. The van der Waals surface area contributed by atoms with E-state index in [1.165, 1.54) is 20.4 Å². The highest BCUT2D eigenvalue weighted by atomic mass is 79.9. The third-order valence-electron chi connectivity index (χ3n) is 3.46. The molecule has 2 aromatic rings. The average molecular weight is 416 g/mol. The molecule has 0 heterocycles. The SMILES string of the molecule is COc1ccc(OC)c(NC(=O)/C(C#N)=C\NCc2cccc(Br)c2)c1. The van der Waals surface area contributed by atoms with Gasteiger partial charge in [0, 0.05) is 23.3 Å². The molecule has 2 aromatic carbocycles. The van der Waals surface area contributed by atoms with Crippen LogP contribution in [0.15, 0.2) is 58.7 Å². The van der Waals surface area contributed by atoms with E-state index < -0.39 is 5.91 Å². The van der Waals surface area contributed by atoms with Gasteiger partial charge in [-0.3, -0.25) is 4.79 Å². The number of nitrogens with one attached hydrogen (secondary N) is 2. The molecule has 0 saturated heterocycles. The summed E-state index contributed by atoms with van der Waals surface area (Å²) in [6.45, 7) is 0.486. The minimum Gasteiger partial charge on any atom is -0.497 e. The lowest BCUT2D eigenvalue weighted by atomic mass is 10.2. The first-order valence-electron chi connectivity index (χ1n) is 7.69. The Morgan fingerprint density at radius 3 is 2.69 bits per heavy atom. The van der Waals surface area contributed by atoms with Gasteiger partial charge >= 0.3 is 0 Å². The molecule has 6 nitrogen and oxygen atoms in total. The largest absolute Gasteiger partial charge is 0.497 e. The number of nitriles is 1. The van der Waals surface area contributed by atoms with Crippen LogP contribution in [0.2, 0.25) is 0 Å². The summed E-state index contributed by atoms with van der Waals surface area (Å²) >= 11 is 3.40. The molecule has 0 aromatic heterocycles. The number of anilines is 1. The van der Waals surface area contributed by atoms with E-state index in [-0.39, 0.29) is 5.57 Å². The molecule has 0 saturated carbocycles. The van der Waals surface area contributed by atoms with Crippen molar-refractivity contribution in [3.8, 4) is 17.6 Å². The van der Waals surface area contributed by atoms with Gasteiger partial charge in [-0.1, -0.05) is 28.1 Å². The highest BCUT2D eigenvalue weighted by Gasteiger charge is 2.13. The Bertz CT molecular complexity index is 859. The van der Waals surface area contributed by atoms with Crippen molar-refractivity contribution in [2.75, 3.05) is 19.5 Å². The van der Waals surface area contributed by atoms with Crippen molar-refractivity contribution in [3.05, 3.63) is 64.3 Å². The zero-order valence-corrected chi connectivity index (χ0v) is 16.0. The predicted molar refractivity (Wildman–Crippen MR) is 103 cm³/mol. The number of amides is 1. The van der Waals surface area contributed by atoms with Crippen LogP contribution in [0.5, 0.6) is 11.5 Å². The van der Waals surface area contributed by atoms with E-state index >= 15 is 0 Å². The predicted octanol–water partition coefficient (Wildman–Crippen LogP) is 3.60. The summed E-state index contributed by atoms with van der Waals surface area (Å²) in [6.07, 6.45) is 1.39. The van der Waals surface area contributed by atoms with Gasteiger partial charge in [0.05, 0.1) is 19.9 Å². The van der Waals surface area contributed by atoms with Crippen LogP contribution in [-0.4, -0.2) is 20.1 Å². The number of hydrogen-bond donors (Lipinski definition) is 2. The van der Waals surface area contributed by atoms with Crippen molar-refractivity contribution < 1.29 is 14.3 Å². The molecule has 0 bridgehead atoms. The van der Waals surface area contributed by atoms with Gasteiger partial charge in [-0.05, 0) is 29.8 Å². The van der Waals surface area contributed by atoms with Crippen molar-refractivity contribution in [1.82, 2.24) is 5.32 Å². The molecular formula is C19H18BrN3O3. The van der Waals surface area contributed by atoms with Crippen LogP contribution in [0, 0.1) is 11.3 Å². The van der Waals surface area contributed by atoms with Gasteiger partial charge in [-0.25, -0.2) is 0 Å². The standard InChI is InChI=1S/C19H18BrN3O3/c1-25-16-6-7-18(26-2)17(9-16)23-19(24)14(10-21)12-22-11-13-4-3-5-15(20)8-13/h3-9,12,22H,11H2,1-2H3,(H,23,24)/b14-12-. The van der Waals surface area contributed by atoms with E-state index in [0.29, 0.717) is 23.7 Å². The number of carbonyl (C=O) groups is 1. The zero-order valence-electron chi connectivity index (χ0n) is 14.4. The van der Waals surface area contributed by atoms with Gasteiger partial charge in [0.25, 0.3) is 5.91 Å². The Morgan fingerprint density at radius 2 is 2.04 bits per heavy atom. The summed E-state index contributed by atoms with van der Waals surface area (Å²) in [6, 6.07) is 14.6. The molecular weight excluding hydrogens is 398 g/mol.